The van der Waals surface area contributed by atoms with Crippen LogP contribution in [0.2, 0.25) is 0 Å². The zero-order valence-corrected chi connectivity index (χ0v) is 7.19. The minimum Gasteiger partial charge on any atom is -0.378 e. The first-order chi connectivity index (χ1) is 6.68. The first-order valence-electron chi connectivity index (χ1n) is 3.77. The lowest BCUT2D eigenvalue weighted by atomic mass is 10.3. The number of hydroxylamine groups is 1. The van der Waals surface area contributed by atoms with Gasteiger partial charge in [0.1, 0.15) is 0 Å². The van der Waals surface area contributed by atoms with Crippen LogP contribution in [0.15, 0.2) is 30.3 Å². The molecule has 0 radical (unpaired) electrons. The molecular formula is C8H9N3O3. The smallest absolute Gasteiger partial charge is 0.355 e. The van der Waals surface area contributed by atoms with Gasteiger partial charge in [-0.2, -0.15) is 5.48 Å². The van der Waals surface area contributed by atoms with Crippen molar-refractivity contribution in [3.63, 3.8) is 0 Å². The van der Waals surface area contributed by atoms with Crippen LogP contribution < -0.4 is 21.4 Å². The van der Waals surface area contributed by atoms with Crippen LogP contribution in [0.5, 0.6) is 5.75 Å². The average Bonchev–Trinajstić information content (AvgIpc) is 2.15. The number of primary amides is 1. The third-order valence-electron chi connectivity index (χ3n) is 1.24. The minimum absolute atomic E-state index is 0.451. The Bertz CT molecular complexity index is 326. The normalized spacial score (nSPS) is 8.86. The number of amides is 4. The van der Waals surface area contributed by atoms with Gasteiger partial charge in [0.2, 0.25) is 0 Å². The zero-order chi connectivity index (χ0) is 10.4. The minimum atomic E-state index is -0.945. The second-order valence-corrected chi connectivity index (χ2v) is 2.34. The maximum Gasteiger partial charge on any atom is 0.355 e. The van der Waals surface area contributed by atoms with Crippen molar-refractivity contribution in [1.82, 2.24) is 10.8 Å². The fourth-order valence-corrected chi connectivity index (χ4v) is 0.731. The van der Waals surface area contributed by atoms with E-state index in [0.29, 0.717) is 5.75 Å². The molecule has 1 aromatic rings. The third kappa shape index (κ3) is 3.44. The number of nitrogens with two attached hydrogens (primary N) is 1. The lowest BCUT2D eigenvalue weighted by Gasteiger charge is -2.05. The molecule has 1 rings (SSSR count). The van der Waals surface area contributed by atoms with E-state index in [0.717, 1.165) is 0 Å². The molecule has 0 atom stereocenters. The SMILES string of the molecule is NC(=O)NC(=O)NOc1ccccc1. The molecule has 4 amide bonds. The van der Waals surface area contributed by atoms with E-state index < -0.39 is 12.1 Å². The van der Waals surface area contributed by atoms with Crippen LogP contribution in [0.1, 0.15) is 0 Å². The number of urea groups is 2. The lowest BCUT2D eigenvalue weighted by molar-refractivity contribution is 0.178. The van der Waals surface area contributed by atoms with Crippen LogP contribution in [-0.4, -0.2) is 12.1 Å². The molecule has 74 valence electrons. The Kier molecular flexibility index (Phi) is 3.31. The molecule has 0 fully saturated rings. The summed E-state index contributed by atoms with van der Waals surface area (Å²) in [7, 11) is 0. The van der Waals surface area contributed by atoms with Crippen molar-refractivity contribution in [3.05, 3.63) is 30.3 Å². The van der Waals surface area contributed by atoms with Gasteiger partial charge in [-0.3, -0.25) is 5.32 Å². The van der Waals surface area contributed by atoms with E-state index in [1.165, 1.54) is 0 Å². The van der Waals surface area contributed by atoms with Gasteiger partial charge in [0.15, 0.2) is 5.75 Å². The zero-order valence-electron chi connectivity index (χ0n) is 7.19. The average molecular weight is 195 g/mol. The van der Waals surface area contributed by atoms with Gasteiger partial charge < -0.3 is 10.6 Å². The molecule has 1 aromatic carbocycles. The second kappa shape index (κ2) is 4.70. The van der Waals surface area contributed by atoms with Crippen molar-refractivity contribution in [2.24, 2.45) is 5.73 Å². The molecule has 0 spiro atoms. The third-order valence-corrected chi connectivity index (χ3v) is 1.24. The van der Waals surface area contributed by atoms with Crippen LogP contribution in [0.4, 0.5) is 9.59 Å². The van der Waals surface area contributed by atoms with E-state index >= 15 is 0 Å². The van der Waals surface area contributed by atoms with Gasteiger partial charge in [-0.1, -0.05) is 18.2 Å². The number of imide groups is 1. The summed E-state index contributed by atoms with van der Waals surface area (Å²) in [4.78, 5) is 25.8. The first kappa shape index (κ1) is 9.85. The van der Waals surface area contributed by atoms with Crippen molar-refractivity contribution < 1.29 is 14.4 Å². The number of carbonyl (C=O) groups excluding carboxylic acids is 2. The highest BCUT2D eigenvalue weighted by Gasteiger charge is 2.02. The maximum atomic E-state index is 10.8. The molecule has 6 nitrogen and oxygen atoms in total. The van der Waals surface area contributed by atoms with E-state index in [1.54, 1.807) is 35.6 Å². The standard InChI is InChI=1S/C8H9N3O3/c9-7(12)10-8(13)11-14-6-4-2-1-3-5-6/h1-5H,(H4,9,10,11,12,13). The van der Waals surface area contributed by atoms with Crippen molar-refractivity contribution in [2.75, 3.05) is 0 Å². The Labute approximate surface area is 80.0 Å². The molecule has 0 unspecified atom stereocenters. The maximum absolute atomic E-state index is 10.8. The highest BCUT2D eigenvalue weighted by molar-refractivity contribution is 5.92. The lowest BCUT2D eigenvalue weighted by Crippen LogP contribution is -2.43. The van der Waals surface area contributed by atoms with Gasteiger partial charge in [-0.05, 0) is 12.1 Å². The molecule has 0 saturated heterocycles. The molecule has 0 aromatic heterocycles. The number of carbonyl (C=O) groups is 2. The number of nitrogens with one attached hydrogen (secondary N) is 2. The Morgan fingerprint density at radius 3 is 2.43 bits per heavy atom. The van der Waals surface area contributed by atoms with E-state index in [2.05, 4.69) is 0 Å². The van der Waals surface area contributed by atoms with E-state index in [4.69, 9.17) is 10.6 Å². The number of para-hydroxylation sites is 1. The topological polar surface area (TPSA) is 93.5 Å². The summed E-state index contributed by atoms with van der Waals surface area (Å²) in [5.74, 6) is 0.451. The predicted octanol–water partition coefficient (Wildman–Crippen LogP) is 0.358. The summed E-state index contributed by atoms with van der Waals surface area (Å²) in [6.07, 6.45) is 0. The molecule has 4 N–H and O–H groups in total. The van der Waals surface area contributed by atoms with Crippen LogP contribution in [-0.2, 0) is 0 Å². The van der Waals surface area contributed by atoms with Gasteiger partial charge in [0.25, 0.3) is 0 Å². The van der Waals surface area contributed by atoms with E-state index in [1.807, 2.05) is 5.48 Å². The molecule has 0 aliphatic heterocycles. The Morgan fingerprint density at radius 1 is 1.21 bits per heavy atom. The van der Waals surface area contributed by atoms with E-state index in [-0.39, 0.29) is 0 Å². The van der Waals surface area contributed by atoms with Gasteiger partial charge in [-0.15, -0.1) is 0 Å². The summed E-state index contributed by atoms with van der Waals surface area (Å²) in [6, 6.07) is 6.80. The summed E-state index contributed by atoms with van der Waals surface area (Å²) >= 11 is 0. The molecule has 0 saturated carbocycles. The van der Waals surface area contributed by atoms with Crippen LogP contribution in [0.3, 0.4) is 0 Å². The van der Waals surface area contributed by atoms with E-state index in [9.17, 15) is 9.59 Å². The fraction of sp³-hybridized carbons (Fsp3) is 0. The number of rotatable bonds is 2. The largest absolute Gasteiger partial charge is 0.378 e. The Hall–Kier alpha value is -2.24. The molecule has 14 heavy (non-hydrogen) atoms. The predicted molar refractivity (Wildman–Crippen MR) is 48.3 cm³/mol. The highest BCUT2D eigenvalue weighted by atomic mass is 16.7. The van der Waals surface area contributed by atoms with Gasteiger partial charge >= 0.3 is 12.1 Å². The quantitative estimate of drug-likeness (QED) is 0.594. The Morgan fingerprint density at radius 2 is 1.86 bits per heavy atom. The molecule has 0 aliphatic rings. The Balaban J connectivity index is 2.34. The highest BCUT2D eigenvalue weighted by Crippen LogP contribution is 2.05. The van der Waals surface area contributed by atoms with Gasteiger partial charge in [0, 0.05) is 0 Å². The molecule has 0 bridgehead atoms. The first-order valence-corrected chi connectivity index (χ1v) is 3.77. The second-order valence-electron chi connectivity index (χ2n) is 2.34. The number of benzene rings is 1. The van der Waals surface area contributed by atoms with Crippen molar-refractivity contribution in [1.29, 1.82) is 0 Å². The summed E-state index contributed by atoms with van der Waals surface area (Å²) in [6.45, 7) is 0. The summed E-state index contributed by atoms with van der Waals surface area (Å²) in [5, 5.41) is 1.78. The monoisotopic (exact) mass is 195 g/mol. The summed E-state index contributed by atoms with van der Waals surface area (Å²) in [5.41, 5.74) is 6.68. The summed E-state index contributed by atoms with van der Waals surface area (Å²) < 4.78 is 0. The van der Waals surface area contributed by atoms with Crippen molar-refractivity contribution in [2.45, 2.75) is 0 Å². The van der Waals surface area contributed by atoms with Crippen molar-refractivity contribution >= 4 is 12.1 Å². The molecule has 6 heteroatoms. The van der Waals surface area contributed by atoms with Crippen molar-refractivity contribution in [3.8, 4) is 5.75 Å². The van der Waals surface area contributed by atoms with Gasteiger partial charge in [-0.25, -0.2) is 9.59 Å². The van der Waals surface area contributed by atoms with Crippen LogP contribution in [0, 0.1) is 0 Å². The molecular weight excluding hydrogens is 186 g/mol. The van der Waals surface area contributed by atoms with Gasteiger partial charge in [0.05, 0.1) is 0 Å². The molecule has 0 heterocycles. The van der Waals surface area contributed by atoms with Crippen LogP contribution in [0.25, 0.3) is 0 Å². The number of hydrogen-bond donors (Lipinski definition) is 3. The fourth-order valence-electron chi connectivity index (χ4n) is 0.731. The molecule has 0 aliphatic carbocycles. The number of hydrogen-bond acceptors (Lipinski definition) is 3. The van der Waals surface area contributed by atoms with Crippen LogP contribution >= 0.6 is 0 Å².